The van der Waals surface area contributed by atoms with Crippen molar-refractivity contribution < 1.29 is 9.18 Å². The molecule has 140 valence electrons. The van der Waals surface area contributed by atoms with E-state index in [0.717, 1.165) is 37.3 Å². The van der Waals surface area contributed by atoms with Gasteiger partial charge < -0.3 is 4.90 Å². The number of rotatable bonds is 4. The molecule has 0 spiro atoms. The predicted octanol–water partition coefficient (Wildman–Crippen LogP) is 3.23. The van der Waals surface area contributed by atoms with Gasteiger partial charge in [-0.25, -0.2) is 4.39 Å². The van der Waals surface area contributed by atoms with Gasteiger partial charge in [-0.2, -0.15) is 5.10 Å². The Morgan fingerprint density at radius 2 is 2.04 bits per heavy atom. The molecule has 26 heavy (non-hydrogen) atoms. The van der Waals surface area contributed by atoms with Crippen molar-refractivity contribution in [3.63, 3.8) is 0 Å². The maximum Gasteiger partial charge on any atom is 0.274 e. The van der Waals surface area contributed by atoms with Crippen LogP contribution in [0.1, 0.15) is 42.0 Å². The van der Waals surface area contributed by atoms with Crippen molar-refractivity contribution in [2.24, 2.45) is 5.92 Å². The Morgan fingerprint density at radius 3 is 2.65 bits per heavy atom. The van der Waals surface area contributed by atoms with E-state index < -0.39 is 0 Å². The van der Waals surface area contributed by atoms with Crippen molar-refractivity contribution in [2.45, 2.75) is 39.8 Å². The third-order valence-electron chi connectivity index (χ3n) is 5.03. The van der Waals surface area contributed by atoms with Crippen LogP contribution in [0.15, 0.2) is 30.3 Å². The molecule has 0 radical (unpaired) electrons. The molecule has 1 atom stereocenters. The number of carbonyl (C=O) groups excluding carboxylic acids is 1. The van der Waals surface area contributed by atoms with E-state index in [1.165, 1.54) is 12.1 Å². The zero-order valence-corrected chi connectivity index (χ0v) is 15.7. The summed E-state index contributed by atoms with van der Waals surface area (Å²) in [6.45, 7) is 9.38. The van der Waals surface area contributed by atoms with Gasteiger partial charge in [0.05, 0.1) is 0 Å². The summed E-state index contributed by atoms with van der Waals surface area (Å²) in [5.41, 5.74) is 2.47. The maximum absolute atomic E-state index is 13.2. The van der Waals surface area contributed by atoms with Gasteiger partial charge in [-0.3, -0.25) is 14.8 Å². The lowest BCUT2D eigenvalue weighted by atomic mass is 10.0. The molecule has 1 unspecified atom stereocenters. The molecular formula is C20H27FN4O. The van der Waals surface area contributed by atoms with Crippen LogP contribution in [0.5, 0.6) is 0 Å². The van der Waals surface area contributed by atoms with Gasteiger partial charge in [0.2, 0.25) is 0 Å². The molecule has 2 heterocycles. The number of nitrogens with one attached hydrogen (secondary N) is 1. The highest BCUT2D eigenvalue weighted by atomic mass is 19.1. The van der Waals surface area contributed by atoms with Crippen LogP contribution in [0.3, 0.4) is 0 Å². The lowest BCUT2D eigenvalue weighted by molar-refractivity contribution is 0.0696. The highest BCUT2D eigenvalue weighted by Crippen LogP contribution is 2.21. The number of halogens is 1. The van der Waals surface area contributed by atoms with Crippen LogP contribution >= 0.6 is 0 Å². The molecule has 2 aromatic rings. The topological polar surface area (TPSA) is 52.2 Å². The third kappa shape index (κ3) is 4.30. The first kappa shape index (κ1) is 18.6. The van der Waals surface area contributed by atoms with E-state index in [-0.39, 0.29) is 17.8 Å². The quantitative estimate of drug-likeness (QED) is 0.913. The lowest BCUT2D eigenvalue weighted by Gasteiger charge is -2.34. The number of H-pyrrole nitrogens is 1. The smallest absolute Gasteiger partial charge is 0.274 e. The van der Waals surface area contributed by atoms with E-state index in [1.54, 1.807) is 6.07 Å². The molecule has 1 N–H and O–H groups in total. The first-order chi connectivity index (χ1) is 12.4. The Kier molecular flexibility index (Phi) is 5.71. The number of aromatic amines is 1. The molecule has 1 fully saturated rings. The summed E-state index contributed by atoms with van der Waals surface area (Å²) in [6, 6.07) is 8.75. The summed E-state index contributed by atoms with van der Waals surface area (Å²) in [5.74, 6) is 0.185. The summed E-state index contributed by atoms with van der Waals surface area (Å²) in [5, 5.41) is 6.97. The fourth-order valence-corrected chi connectivity index (χ4v) is 3.59. The number of aromatic nitrogens is 2. The largest absolute Gasteiger partial charge is 0.336 e. The average molecular weight is 358 g/mol. The molecule has 3 rings (SSSR count). The molecule has 1 aliphatic rings. The summed E-state index contributed by atoms with van der Waals surface area (Å²) in [4.78, 5) is 17.2. The van der Waals surface area contributed by atoms with Gasteiger partial charge in [0.1, 0.15) is 11.5 Å². The number of benzene rings is 1. The lowest BCUT2D eigenvalue weighted by Crippen LogP contribution is -2.45. The number of hydrogen-bond donors (Lipinski definition) is 1. The Hall–Kier alpha value is -2.21. The van der Waals surface area contributed by atoms with E-state index in [9.17, 15) is 9.18 Å². The second-order valence-corrected chi connectivity index (χ2v) is 7.45. The molecule has 6 heteroatoms. The second kappa shape index (κ2) is 7.99. The zero-order chi connectivity index (χ0) is 18.7. The van der Waals surface area contributed by atoms with Crippen LogP contribution in [-0.2, 0) is 6.54 Å². The van der Waals surface area contributed by atoms with Gasteiger partial charge in [-0.1, -0.05) is 26.0 Å². The first-order valence-electron chi connectivity index (χ1n) is 9.24. The van der Waals surface area contributed by atoms with Crippen LogP contribution < -0.4 is 0 Å². The molecule has 5 nitrogen and oxygen atoms in total. The minimum atomic E-state index is -0.212. The van der Waals surface area contributed by atoms with Crippen LogP contribution in [-0.4, -0.2) is 51.6 Å². The van der Waals surface area contributed by atoms with Gasteiger partial charge in [0, 0.05) is 37.9 Å². The van der Waals surface area contributed by atoms with Crippen LogP contribution in [0.2, 0.25) is 0 Å². The third-order valence-corrected chi connectivity index (χ3v) is 5.03. The monoisotopic (exact) mass is 358 g/mol. The van der Waals surface area contributed by atoms with Crippen molar-refractivity contribution in [1.29, 1.82) is 0 Å². The van der Waals surface area contributed by atoms with E-state index >= 15 is 0 Å². The average Bonchev–Trinajstić information content (AvgIpc) is 2.93. The fourth-order valence-electron chi connectivity index (χ4n) is 3.59. The van der Waals surface area contributed by atoms with Gasteiger partial charge >= 0.3 is 0 Å². The minimum absolute atomic E-state index is 0.0105. The van der Waals surface area contributed by atoms with Gasteiger partial charge in [-0.05, 0) is 43.0 Å². The zero-order valence-electron chi connectivity index (χ0n) is 15.7. The standard InChI is InChI=1S/C20H27FN4O/c1-14(2)19-13-25(20(26)18-11-15(3)22-23-18)10-4-9-24(19)12-16-5-7-17(21)8-6-16/h5-8,11,14,19H,4,9-10,12-13H2,1-3H3,(H,22,23). The second-order valence-electron chi connectivity index (χ2n) is 7.45. The van der Waals surface area contributed by atoms with Crippen molar-refractivity contribution in [3.05, 3.63) is 53.1 Å². The maximum atomic E-state index is 13.2. The Labute approximate surface area is 154 Å². The minimum Gasteiger partial charge on any atom is -0.336 e. The molecule has 0 bridgehead atoms. The summed E-state index contributed by atoms with van der Waals surface area (Å²) >= 11 is 0. The van der Waals surface area contributed by atoms with Gasteiger partial charge in [-0.15, -0.1) is 0 Å². The molecule has 1 aliphatic heterocycles. The number of hydrogen-bond acceptors (Lipinski definition) is 3. The first-order valence-corrected chi connectivity index (χ1v) is 9.24. The summed E-state index contributed by atoms with van der Waals surface area (Å²) < 4.78 is 13.2. The predicted molar refractivity (Wildman–Crippen MR) is 99.3 cm³/mol. The number of aryl methyl sites for hydroxylation is 1. The van der Waals surface area contributed by atoms with Gasteiger partial charge in [0.15, 0.2) is 0 Å². The Bertz CT molecular complexity index is 741. The number of nitrogens with zero attached hydrogens (tertiary/aromatic N) is 3. The van der Waals surface area contributed by atoms with Gasteiger partial charge in [0.25, 0.3) is 5.91 Å². The van der Waals surface area contributed by atoms with Crippen molar-refractivity contribution in [3.8, 4) is 0 Å². The molecule has 1 amide bonds. The SMILES string of the molecule is Cc1cc(C(=O)N2CCCN(Cc3ccc(F)cc3)C(C(C)C)C2)n[nH]1. The number of carbonyl (C=O) groups is 1. The molecular weight excluding hydrogens is 331 g/mol. The van der Waals surface area contributed by atoms with Crippen LogP contribution in [0.25, 0.3) is 0 Å². The Balaban J connectivity index is 1.74. The van der Waals surface area contributed by atoms with Crippen molar-refractivity contribution in [1.82, 2.24) is 20.0 Å². The molecule has 1 saturated heterocycles. The summed E-state index contributed by atoms with van der Waals surface area (Å²) in [7, 11) is 0. The van der Waals surface area contributed by atoms with E-state index in [0.29, 0.717) is 18.2 Å². The normalized spacial score (nSPS) is 19.0. The highest BCUT2D eigenvalue weighted by Gasteiger charge is 2.30. The fraction of sp³-hybridized carbons (Fsp3) is 0.500. The summed E-state index contributed by atoms with van der Waals surface area (Å²) in [6.07, 6.45) is 0.916. The van der Waals surface area contributed by atoms with E-state index in [1.807, 2.05) is 24.0 Å². The Morgan fingerprint density at radius 1 is 1.31 bits per heavy atom. The number of amides is 1. The van der Waals surface area contributed by atoms with Crippen molar-refractivity contribution in [2.75, 3.05) is 19.6 Å². The van der Waals surface area contributed by atoms with Crippen LogP contribution in [0.4, 0.5) is 4.39 Å². The van der Waals surface area contributed by atoms with Crippen molar-refractivity contribution >= 4 is 5.91 Å². The molecule has 0 saturated carbocycles. The van der Waals surface area contributed by atoms with E-state index in [4.69, 9.17) is 0 Å². The molecule has 1 aromatic heterocycles. The van der Waals surface area contributed by atoms with E-state index in [2.05, 4.69) is 28.9 Å². The highest BCUT2D eigenvalue weighted by molar-refractivity contribution is 5.92. The molecule has 0 aliphatic carbocycles. The molecule has 1 aromatic carbocycles. The van der Waals surface area contributed by atoms with Crippen LogP contribution in [0, 0.1) is 18.7 Å².